The summed E-state index contributed by atoms with van der Waals surface area (Å²) in [6, 6.07) is 13.6. The molecule has 0 bridgehead atoms. The van der Waals surface area contributed by atoms with Gasteiger partial charge in [-0.2, -0.15) is 0 Å². The van der Waals surface area contributed by atoms with Crippen molar-refractivity contribution in [3.05, 3.63) is 64.7 Å². The molecule has 5 nitrogen and oxygen atoms in total. The van der Waals surface area contributed by atoms with Crippen molar-refractivity contribution in [1.29, 1.82) is 0 Å². The van der Waals surface area contributed by atoms with E-state index in [1.807, 2.05) is 19.1 Å². The van der Waals surface area contributed by atoms with Gasteiger partial charge in [0.1, 0.15) is 5.75 Å². The number of ether oxygens (including phenoxy) is 2. The number of halogens is 1. The summed E-state index contributed by atoms with van der Waals surface area (Å²) >= 11 is 5.94. The van der Waals surface area contributed by atoms with E-state index in [-0.39, 0.29) is 18.6 Å². The molecular weight excluding hydrogens is 330 g/mol. The van der Waals surface area contributed by atoms with Gasteiger partial charge in [0.25, 0.3) is 5.91 Å². The second-order valence-electron chi connectivity index (χ2n) is 5.15. The summed E-state index contributed by atoms with van der Waals surface area (Å²) in [6.07, 6.45) is 0. The molecular formula is C18H18ClNO4. The fraction of sp³-hybridized carbons (Fsp3) is 0.222. The lowest BCUT2D eigenvalue weighted by molar-refractivity contribution is -0.123. The van der Waals surface area contributed by atoms with Crippen molar-refractivity contribution in [3.63, 3.8) is 0 Å². The maximum Gasteiger partial charge on any atom is 0.337 e. The Labute approximate surface area is 145 Å². The Hall–Kier alpha value is -2.53. The van der Waals surface area contributed by atoms with Gasteiger partial charge < -0.3 is 14.8 Å². The summed E-state index contributed by atoms with van der Waals surface area (Å²) in [5.74, 6) is -0.311. The Balaban J connectivity index is 1.90. The van der Waals surface area contributed by atoms with Crippen LogP contribution in [0.1, 0.15) is 28.9 Å². The van der Waals surface area contributed by atoms with Gasteiger partial charge in [-0.15, -0.1) is 0 Å². The molecule has 0 spiro atoms. The van der Waals surface area contributed by atoms with E-state index in [9.17, 15) is 9.59 Å². The van der Waals surface area contributed by atoms with Crippen LogP contribution < -0.4 is 10.1 Å². The highest BCUT2D eigenvalue weighted by Gasteiger charge is 2.11. The van der Waals surface area contributed by atoms with Crippen LogP contribution in [0.4, 0.5) is 0 Å². The quantitative estimate of drug-likeness (QED) is 0.813. The number of nitrogens with one attached hydrogen (secondary N) is 1. The first kappa shape index (κ1) is 17.8. The average molecular weight is 348 g/mol. The fourth-order valence-corrected chi connectivity index (χ4v) is 2.32. The average Bonchev–Trinajstić information content (AvgIpc) is 2.59. The van der Waals surface area contributed by atoms with Crippen LogP contribution in [0.3, 0.4) is 0 Å². The van der Waals surface area contributed by atoms with E-state index in [0.717, 1.165) is 5.56 Å². The Kier molecular flexibility index (Phi) is 6.21. The molecule has 2 aromatic rings. The van der Waals surface area contributed by atoms with Gasteiger partial charge in [0.05, 0.1) is 18.7 Å². The molecule has 6 heteroatoms. The van der Waals surface area contributed by atoms with Gasteiger partial charge >= 0.3 is 5.97 Å². The van der Waals surface area contributed by atoms with Crippen LogP contribution in [0.25, 0.3) is 0 Å². The number of carbonyl (C=O) groups is 2. The van der Waals surface area contributed by atoms with Gasteiger partial charge in [-0.1, -0.05) is 29.8 Å². The molecule has 1 N–H and O–H groups in total. The first-order valence-electron chi connectivity index (χ1n) is 7.35. The minimum atomic E-state index is -0.459. The molecule has 0 aliphatic carbocycles. The molecule has 2 aromatic carbocycles. The zero-order valence-electron chi connectivity index (χ0n) is 13.4. The van der Waals surface area contributed by atoms with E-state index in [0.29, 0.717) is 16.3 Å². The van der Waals surface area contributed by atoms with Gasteiger partial charge in [-0.25, -0.2) is 4.79 Å². The van der Waals surface area contributed by atoms with Crippen LogP contribution in [-0.4, -0.2) is 25.6 Å². The normalized spacial score (nSPS) is 11.5. The second-order valence-corrected chi connectivity index (χ2v) is 5.59. The lowest BCUT2D eigenvalue weighted by Gasteiger charge is -2.15. The summed E-state index contributed by atoms with van der Waals surface area (Å²) in [5, 5.41) is 3.44. The largest absolute Gasteiger partial charge is 0.484 e. The Morgan fingerprint density at radius 3 is 2.62 bits per heavy atom. The van der Waals surface area contributed by atoms with Crippen molar-refractivity contribution in [3.8, 4) is 5.75 Å². The Morgan fingerprint density at radius 1 is 1.17 bits per heavy atom. The van der Waals surface area contributed by atoms with Crippen LogP contribution in [0.5, 0.6) is 5.75 Å². The van der Waals surface area contributed by atoms with Crippen molar-refractivity contribution < 1.29 is 19.1 Å². The third-order valence-corrected chi connectivity index (χ3v) is 3.59. The lowest BCUT2D eigenvalue weighted by Crippen LogP contribution is -2.31. The molecule has 0 saturated heterocycles. The van der Waals surface area contributed by atoms with Crippen LogP contribution in [-0.2, 0) is 9.53 Å². The van der Waals surface area contributed by atoms with Crippen molar-refractivity contribution in [2.75, 3.05) is 13.7 Å². The summed E-state index contributed by atoms with van der Waals surface area (Å²) < 4.78 is 10.1. The number of carbonyl (C=O) groups excluding carboxylic acids is 2. The molecule has 0 saturated carbocycles. The van der Waals surface area contributed by atoms with Gasteiger partial charge in [0, 0.05) is 5.02 Å². The highest BCUT2D eigenvalue weighted by atomic mass is 35.5. The number of hydrogen-bond donors (Lipinski definition) is 1. The topological polar surface area (TPSA) is 64.6 Å². The van der Waals surface area contributed by atoms with E-state index in [2.05, 4.69) is 10.1 Å². The number of esters is 1. The monoisotopic (exact) mass is 347 g/mol. The molecule has 0 aliphatic rings. The number of amides is 1. The maximum absolute atomic E-state index is 12.0. The lowest BCUT2D eigenvalue weighted by atomic mass is 10.1. The fourth-order valence-electron chi connectivity index (χ4n) is 2.12. The van der Waals surface area contributed by atoms with Gasteiger partial charge in [0.2, 0.25) is 0 Å². The van der Waals surface area contributed by atoms with Crippen LogP contribution in [0.15, 0.2) is 48.5 Å². The van der Waals surface area contributed by atoms with Gasteiger partial charge in [-0.05, 0) is 42.8 Å². The highest BCUT2D eigenvalue weighted by molar-refractivity contribution is 6.30. The molecule has 0 fully saturated rings. The highest BCUT2D eigenvalue weighted by Crippen LogP contribution is 2.17. The summed E-state index contributed by atoms with van der Waals surface area (Å²) in [6.45, 7) is 1.71. The van der Waals surface area contributed by atoms with Gasteiger partial charge in [-0.3, -0.25) is 4.79 Å². The molecule has 0 heterocycles. The first-order chi connectivity index (χ1) is 11.5. The SMILES string of the molecule is COC(=O)c1cccc(OCC(=O)N[C@@H](C)c2cccc(Cl)c2)c1. The smallest absolute Gasteiger partial charge is 0.337 e. The van der Waals surface area contributed by atoms with E-state index < -0.39 is 5.97 Å². The van der Waals surface area contributed by atoms with Crippen LogP contribution >= 0.6 is 11.6 Å². The molecule has 0 radical (unpaired) electrons. The molecule has 0 aromatic heterocycles. The number of rotatable bonds is 6. The summed E-state index contributed by atoms with van der Waals surface area (Å²) in [4.78, 5) is 23.5. The third-order valence-electron chi connectivity index (χ3n) is 3.35. The summed E-state index contributed by atoms with van der Waals surface area (Å²) in [7, 11) is 1.31. The molecule has 24 heavy (non-hydrogen) atoms. The van der Waals surface area contributed by atoms with Crippen molar-refractivity contribution >= 4 is 23.5 Å². The summed E-state index contributed by atoms with van der Waals surface area (Å²) in [5.41, 5.74) is 1.27. The molecule has 1 amide bonds. The Morgan fingerprint density at radius 2 is 1.92 bits per heavy atom. The number of benzene rings is 2. The standard InChI is InChI=1S/C18H18ClNO4/c1-12(13-5-3-7-15(19)9-13)20-17(21)11-24-16-8-4-6-14(10-16)18(22)23-2/h3-10,12H,11H2,1-2H3,(H,20,21)/t12-/m0/s1. The minimum Gasteiger partial charge on any atom is -0.484 e. The molecule has 1 atom stereocenters. The number of hydrogen-bond acceptors (Lipinski definition) is 4. The Bertz CT molecular complexity index is 732. The first-order valence-corrected chi connectivity index (χ1v) is 7.73. The van der Waals surface area contributed by atoms with Crippen molar-refractivity contribution in [2.45, 2.75) is 13.0 Å². The van der Waals surface area contributed by atoms with Gasteiger partial charge in [0.15, 0.2) is 6.61 Å². The zero-order chi connectivity index (χ0) is 17.5. The minimum absolute atomic E-state index is 0.157. The number of methoxy groups -OCH3 is 1. The molecule has 126 valence electrons. The predicted octanol–water partition coefficient (Wildman–Crippen LogP) is 3.38. The zero-order valence-corrected chi connectivity index (χ0v) is 14.2. The molecule has 0 aliphatic heterocycles. The molecule has 2 rings (SSSR count). The third kappa shape index (κ3) is 4.99. The van der Waals surface area contributed by atoms with Crippen LogP contribution in [0, 0.1) is 0 Å². The van der Waals surface area contributed by atoms with E-state index in [4.69, 9.17) is 16.3 Å². The predicted molar refractivity (Wildman–Crippen MR) is 91.3 cm³/mol. The molecule has 0 unspecified atom stereocenters. The van der Waals surface area contributed by atoms with E-state index in [1.165, 1.54) is 13.2 Å². The van der Waals surface area contributed by atoms with E-state index >= 15 is 0 Å². The van der Waals surface area contributed by atoms with Crippen molar-refractivity contribution in [1.82, 2.24) is 5.32 Å². The maximum atomic E-state index is 12.0. The van der Waals surface area contributed by atoms with Crippen molar-refractivity contribution in [2.24, 2.45) is 0 Å². The second kappa shape index (κ2) is 8.36. The van der Waals surface area contributed by atoms with Crippen LogP contribution in [0.2, 0.25) is 5.02 Å². The van der Waals surface area contributed by atoms with E-state index in [1.54, 1.807) is 30.3 Å².